The molecule has 6 heteroatoms. The standard InChI is InChI=1S/C9H21O4PSi/c1-9(2,3)15(4,5)12-6-7(10)8(11)13-14/h7,10H,6,14H2,1-5H3/t7-/m0/s1. The summed E-state index contributed by atoms with van der Waals surface area (Å²) in [6.45, 7) is 10.4. The molecule has 1 N–H and O–H groups in total. The van der Waals surface area contributed by atoms with Gasteiger partial charge in [-0.2, -0.15) is 0 Å². The van der Waals surface area contributed by atoms with Gasteiger partial charge in [-0.05, 0) is 18.1 Å². The van der Waals surface area contributed by atoms with Crippen LogP contribution in [-0.2, 0) is 13.7 Å². The third-order valence-electron chi connectivity index (χ3n) is 2.80. The molecule has 90 valence electrons. The second-order valence-electron chi connectivity index (χ2n) is 5.02. The minimum Gasteiger partial charge on any atom is -0.450 e. The molecule has 0 spiro atoms. The van der Waals surface area contributed by atoms with E-state index in [1.807, 2.05) is 9.47 Å². The van der Waals surface area contributed by atoms with Crippen LogP contribution in [0.5, 0.6) is 0 Å². The van der Waals surface area contributed by atoms with Crippen LogP contribution in [0.15, 0.2) is 0 Å². The van der Waals surface area contributed by atoms with Crippen molar-refractivity contribution in [1.82, 2.24) is 0 Å². The summed E-state index contributed by atoms with van der Waals surface area (Å²) in [6.07, 6.45) is -1.20. The van der Waals surface area contributed by atoms with Gasteiger partial charge in [0.2, 0.25) is 0 Å². The maximum Gasteiger partial charge on any atom is 0.339 e. The Balaban J connectivity index is 4.22. The molecule has 0 amide bonds. The van der Waals surface area contributed by atoms with Gasteiger partial charge < -0.3 is 14.1 Å². The second-order valence-corrected chi connectivity index (χ2v) is 10.1. The molecule has 0 bridgehead atoms. The monoisotopic (exact) mass is 252 g/mol. The number of hydrogen-bond donors (Lipinski definition) is 1. The van der Waals surface area contributed by atoms with Crippen molar-refractivity contribution in [3.8, 4) is 0 Å². The van der Waals surface area contributed by atoms with Crippen molar-refractivity contribution in [1.29, 1.82) is 0 Å². The summed E-state index contributed by atoms with van der Waals surface area (Å²) in [5.41, 5.74) is 0. The smallest absolute Gasteiger partial charge is 0.339 e. The highest BCUT2D eigenvalue weighted by molar-refractivity contribution is 7.10. The molecule has 0 aliphatic rings. The first-order valence-electron chi connectivity index (χ1n) is 4.84. The highest BCUT2D eigenvalue weighted by Crippen LogP contribution is 2.36. The molecule has 0 aromatic heterocycles. The number of hydrogen-bond acceptors (Lipinski definition) is 4. The largest absolute Gasteiger partial charge is 0.450 e. The number of carbonyl (C=O) groups excluding carboxylic acids is 1. The number of carbonyl (C=O) groups is 1. The van der Waals surface area contributed by atoms with Crippen LogP contribution in [0.2, 0.25) is 18.1 Å². The van der Waals surface area contributed by atoms with Crippen LogP contribution < -0.4 is 0 Å². The molecule has 0 aliphatic heterocycles. The minimum atomic E-state index is -1.90. The molecule has 0 saturated heterocycles. The number of aliphatic hydroxyl groups is 1. The summed E-state index contributed by atoms with van der Waals surface area (Å²) in [5.74, 6) is -0.682. The molecule has 0 saturated carbocycles. The lowest BCUT2D eigenvalue weighted by Crippen LogP contribution is -2.43. The van der Waals surface area contributed by atoms with E-state index in [1.165, 1.54) is 0 Å². The van der Waals surface area contributed by atoms with Crippen molar-refractivity contribution in [2.24, 2.45) is 0 Å². The van der Waals surface area contributed by atoms with Crippen LogP contribution in [0.25, 0.3) is 0 Å². The quantitative estimate of drug-likeness (QED) is 0.611. The first-order chi connectivity index (χ1) is 6.62. The first kappa shape index (κ1) is 15.0. The molecule has 0 aromatic carbocycles. The maximum absolute atomic E-state index is 10.9. The van der Waals surface area contributed by atoms with Crippen LogP contribution in [-0.4, -0.2) is 32.1 Å². The van der Waals surface area contributed by atoms with Gasteiger partial charge in [-0.3, -0.25) is 0 Å². The molecule has 2 atom stereocenters. The maximum atomic E-state index is 10.9. The summed E-state index contributed by atoms with van der Waals surface area (Å²) in [6, 6.07) is 0. The molecular formula is C9H21O4PSi. The van der Waals surface area contributed by atoms with E-state index in [1.54, 1.807) is 0 Å². The highest BCUT2D eigenvalue weighted by atomic mass is 31.0. The second kappa shape index (κ2) is 5.39. The number of rotatable bonds is 4. The summed E-state index contributed by atoms with van der Waals surface area (Å²) in [4.78, 5) is 10.9. The third kappa shape index (κ3) is 4.60. The molecule has 0 aromatic rings. The van der Waals surface area contributed by atoms with Gasteiger partial charge in [-0.25, -0.2) is 4.79 Å². The van der Waals surface area contributed by atoms with E-state index in [-0.39, 0.29) is 11.6 Å². The SMILES string of the molecule is CC(C)(C)[Si](C)(C)OC[C@H](O)C(=O)OP. The van der Waals surface area contributed by atoms with E-state index in [0.717, 1.165) is 0 Å². The van der Waals surface area contributed by atoms with Crippen molar-refractivity contribution in [3.63, 3.8) is 0 Å². The average molecular weight is 252 g/mol. The molecule has 0 aliphatic carbocycles. The molecule has 0 fully saturated rings. The van der Waals surface area contributed by atoms with Crippen molar-refractivity contribution in [2.75, 3.05) is 6.61 Å². The molecule has 0 rings (SSSR count). The Kier molecular flexibility index (Phi) is 5.40. The normalized spacial score (nSPS) is 14.9. The van der Waals surface area contributed by atoms with Gasteiger partial charge in [-0.15, -0.1) is 0 Å². The molecule has 0 heterocycles. The lowest BCUT2D eigenvalue weighted by molar-refractivity contribution is -0.144. The van der Waals surface area contributed by atoms with E-state index < -0.39 is 20.4 Å². The lowest BCUT2D eigenvalue weighted by Gasteiger charge is -2.36. The number of aliphatic hydroxyl groups excluding tert-OH is 1. The fourth-order valence-electron chi connectivity index (χ4n) is 0.650. The summed E-state index contributed by atoms with van der Waals surface area (Å²) >= 11 is 0. The zero-order valence-corrected chi connectivity index (χ0v) is 12.2. The highest BCUT2D eigenvalue weighted by Gasteiger charge is 2.38. The van der Waals surface area contributed by atoms with Crippen LogP contribution in [0.4, 0.5) is 0 Å². The Hall–Kier alpha value is 0.0369. The molecule has 15 heavy (non-hydrogen) atoms. The van der Waals surface area contributed by atoms with Gasteiger partial charge in [0, 0.05) is 0 Å². The minimum absolute atomic E-state index is 0.00370. The summed E-state index contributed by atoms with van der Waals surface area (Å²) < 4.78 is 9.98. The van der Waals surface area contributed by atoms with Gasteiger partial charge >= 0.3 is 5.97 Å². The fraction of sp³-hybridized carbons (Fsp3) is 0.889. The Bertz CT molecular complexity index is 225. The summed E-state index contributed by atoms with van der Waals surface area (Å²) in [7, 11) is -0.0869. The molecule has 4 nitrogen and oxygen atoms in total. The predicted molar refractivity (Wildman–Crippen MR) is 65.0 cm³/mol. The lowest BCUT2D eigenvalue weighted by atomic mass is 10.2. The fourth-order valence-corrected chi connectivity index (χ4v) is 1.81. The van der Waals surface area contributed by atoms with E-state index in [2.05, 4.69) is 38.4 Å². The topological polar surface area (TPSA) is 55.8 Å². The molecule has 0 radical (unpaired) electrons. The summed E-state index contributed by atoms with van der Waals surface area (Å²) in [5, 5.41) is 9.42. The van der Waals surface area contributed by atoms with E-state index >= 15 is 0 Å². The van der Waals surface area contributed by atoms with Crippen LogP contribution in [0.1, 0.15) is 20.8 Å². The Morgan fingerprint density at radius 3 is 2.27 bits per heavy atom. The van der Waals surface area contributed by atoms with Gasteiger partial charge in [0.25, 0.3) is 0 Å². The van der Waals surface area contributed by atoms with E-state index in [0.29, 0.717) is 0 Å². The van der Waals surface area contributed by atoms with E-state index in [4.69, 9.17) is 4.43 Å². The molecular weight excluding hydrogens is 231 g/mol. The van der Waals surface area contributed by atoms with Crippen molar-refractivity contribution >= 4 is 23.8 Å². The van der Waals surface area contributed by atoms with E-state index in [9.17, 15) is 9.90 Å². The Morgan fingerprint density at radius 1 is 1.47 bits per heavy atom. The Morgan fingerprint density at radius 2 is 1.93 bits per heavy atom. The van der Waals surface area contributed by atoms with Crippen molar-refractivity contribution < 1.29 is 18.9 Å². The van der Waals surface area contributed by atoms with Gasteiger partial charge in [-0.1, -0.05) is 20.8 Å². The van der Waals surface area contributed by atoms with Crippen LogP contribution in [0.3, 0.4) is 0 Å². The average Bonchev–Trinajstić information content (AvgIpc) is 2.11. The predicted octanol–water partition coefficient (Wildman–Crippen LogP) is 1.70. The zero-order chi connectivity index (χ0) is 12.3. The van der Waals surface area contributed by atoms with Crippen LogP contribution in [0, 0.1) is 0 Å². The first-order valence-corrected chi connectivity index (χ1v) is 8.22. The van der Waals surface area contributed by atoms with Crippen molar-refractivity contribution in [2.45, 2.75) is 45.0 Å². The third-order valence-corrected chi connectivity index (χ3v) is 7.53. The zero-order valence-electron chi connectivity index (χ0n) is 10.0. The van der Waals surface area contributed by atoms with Crippen LogP contribution >= 0.6 is 9.47 Å². The van der Waals surface area contributed by atoms with Gasteiger partial charge in [0.05, 0.1) is 16.1 Å². The Labute approximate surface area is 94.8 Å². The van der Waals surface area contributed by atoms with Crippen molar-refractivity contribution in [3.05, 3.63) is 0 Å². The van der Waals surface area contributed by atoms with Gasteiger partial charge in [0.15, 0.2) is 14.4 Å². The molecule has 1 unspecified atom stereocenters. The van der Waals surface area contributed by atoms with Gasteiger partial charge in [0.1, 0.15) is 0 Å².